The highest BCUT2D eigenvalue weighted by Gasteiger charge is 2.33. The molecule has 0 spiro atoms. The average molecular weight is 367 g/mol. The summed E-state index contributed by atoms with van der Waals surface area (Å²) in [4.78, 5) is 12.4. The van der Waals surface area contributed by atoms with E-state index in [2.05, 4.69) is 10.1 Å². The number of rotatable bonds is 5. The van der Waals surface area contributed by atoms with Crippen LogP contribution in [-0.2, 0) is 0 Å². The summed E-state index contributed by atoms with van der Waals surface area (Å²) >= 11 is 5.75. The van der Waals surface area contributed by atoms with Gasteiger partial charge in [-0.25, -0.2) is 0 Å². The van der Waals surface area contributed by atoms with Crippen molar-refractivity contribution in [2.45, 2.75) is 6.36 Å². The van der Waals surface area contributed by atoms with Gasteiger partial charge in [0.25, 0.3) is 0 Å². The number of carbonyl (C=O) groups excluding carboxylic acids is 1. The van der Waals surface area contributed by atoms with Crippen molar-refractivity contribution in [1.29, 1.82) is 5.26 Å². The topological polar surface area (TPSA) is 62.1 Å². The second-order valence-corrected chi connectivity index (χ2v) is 5.13. The molecule has 0 aromatic heterocycles. The van der Waals surface area contributed by atoms with Gasteiger partial charge >= 0.3 is 6.36 Å². The predicted molar refractivity (Wildman–Crippen MR) is 86.2 cm³/mol. The molecule has 25 heavy (non-hydrogen) atoms. The summed E-state index contributed by atoms with van der Waals surface area (Å²) in [7, 11) is 0. The Morgan fingerprint density at radius 1 is 1.16 bits per heavy atom. The maximum absolute atomic E-state index is 12.4. The SMILES string of the molecule is N#C/C(=C\Nc1ccc(Cl)cc1)C(=O)c1ccccc1OC(F)(F)F. The molecule has 0 bridgehead atoms. The number of nitriles is 1. The van der Waals surface area contributed by atoms with Gasteiger partial charge in [-0.1, -0.05) is 23.7 Å². The van der Waals surface area contributed by atoms with Crippen molar-refractivity contribution < 1.29 is 22.7 Å². The fraction of sp³-hybridized carbons (Fsp3) is 0.0588. The van der Waals surface area contributed by atoms with Crippen LogP contribution in [0.15, 0.2) is 60.3 Å². The highest BCUT2D eigenvalue weighted by molar-refractivity contribution is 6.30. The van der Waals surface area contributed by atoms with Crippen molar-refractivity contribution >= 4 is 23.1 Å². The summed E-state index contributed by atoms with van der Waals surface area (Å²) < 4.78 is 41.1. The number of anilines is 1. The number of alkyl halides is 3. The summed E-state index contributed by atoms with van der Waals surface area (Å²) in [6.07, 6.45) is -3.84. The zero-order chi connectivity index (χ0) is 18.4. The third-order valence-corrected chi connectivity index (χ3v) is 3.20. The maximum Gasteiger partial charge on any atom is 0.573 e. The van der Waals surface area contributed by atoms with E-state index in [4.69, 9.17) is 16.9 Å². The lowest BCUT2D eigenvalue weighted by atomic mass is 10.0. The Morgan fingerprint density at radius 3 is 2.40 bits per heavy atom. The largest absolute Gasteiger partial charge is 0.573 e. The van der Waals surface area contributed by atoms with Crippen LogP contribution in [0.5, 0.6) is 5.75 Å². The fourth-order valence-electron chi connectivity index (χ4n) is 1.86. The first kappa shape index (κ1) is 18.4. The Kier molecular flexibility index (Phi) is 5.67. The van der Waals surface area contributed by atoms with Crippen LogP contribution in [0.4, 0.5) is 18.9 Å². The molecule has 0 aliphatic carbocycles. The van der Waals surface area contributed by atoms with Crippen LogP contribution in [0.3, 0.4) is 0 Å². The molecular weight excluding hydrogens is 357 g/mol. The molecule has 4 nitrogen and oxygen atoms in total. The fourth-order valence-corrected chi connectivity index (χ4v) is 1.99. The van der Waals surface area contributed by atoms with Gasteiger partial charge in [0, 0.05) is 16.9 Å². The molecule has 0 radical (unpaired) electrons. The van der Waals surface area contributed by atoms with Crippen LogP contribution >= 0.6 is 11.6 Å². The first-order chi connectivity index (χ1) is 11.8. The number of para-hydroxylation sites is 1. The van der Waals surface area contributed by atoms with Gasteiger partial charge < -0.3 is 10.1 Å². The molecule has 0 heterocycles. The van der Waals surface area contributed by atoms with Crippen molar-refractivity contribution in [3.05, 3.63) is 70.9 Å². The van der Waals surface area contributed by atoms with Crippen molar-refractivity contribution in [2.75, 3.05) is 5.32 Å². The van der Waals surface area contributed by atoms with Gasteiger partial charge in [-0.05, 0) is 36.4 Å². The molecule has 0 saturated carbocycles. The standard InChI is InChI=1S/C17H10ClF3N2O2/c18-12-5-7-13(8-6-12)23-10-11(9-22)16(24)14-3-1-2-4-15(14)25-17(19,20)21/h1-8,10,23H/b11-10+. The zero-order valence-corrected chi connectivity index (χ0v) is 13.2. The van der Waals surface area contributed by atoms with E-state index < -0.39 is 17.9 Å². The zero-order valence-electron chi connectivity index (χ0n) is 12.5. The number of benzene rings is 2. The summed E-state index contributed by atoms with van der Waals surface area (Å²) in [5.41, 5.74) is -0.205. The second-order valence-electron chi connectivity index (χ2n) is 4.69. The van der Waals surface area contributed by atoms with Crippen LogP contribution in [0.1, 0.15) is 10.4 Å². The molecule has 0 saturated heterocycles. The lowest BCUT2D eigenvalue weighted by Gasteiger charge is -2.12. The molecule has 0 fully saturated rings. The minimum atomic E-state index is -4.95. The molecule has 128 valence electrons. The highest BCUT2D eigenvalue weighted by Crippen LogP contribution is 2.27. The molecule has 2 aromatic carbocycles. The van der Waals surface area contributed by atoms with E-state index in [0.29, 0.717) is 10.7 Å². The Balaban J connectivity index is 2.27. The Bertz CT molecular complexity index is 840. The molecule has 0 unspecified atom stereocenters. The first-order valence-corrected chi connectivity index (χ1v) is 7.20. The molecule has 1 N–H and O–H groups in total. The van der Waals surface area contributed by atoms with Crippen LogP contribution in [-0.4, -0.2) is 12.1 Å². The third kappa shape index (κ3) is 5.26. The third-order valence-electron chi connectivity index (χ3n) is 2.95. The minimum Gasteiger partial charge on any atom is -0.405 e. The minimum absolute atomic E-state index is 0.370. The number of nitrogens with zero attached hydrogens (tertiary/aromatic N) is 1. The molecule has 0 atom stereocenters. The van der Waals surface area contributed by atoms with E-state index in [1.165, 1.54) is 12.1 Å². The van der Waals surface area contributed by atoms with Crippen molar-refractivity contribution in [3.63, 3.8) is 0 Å². The van der Waals surface area contributed by atoms with Crippen molar-refractivity contribution in [1.82, 2.24) is 0 Å². The normalized spacial score (nSPS) is 11.6. The number of carbonyl (C=O) groups is 1. The van der Waals surface area contributed by atoms with Gasteiger partial charge in [-0.15, -0.1) is 13.2 Å². The number of allylic oxidation sites excluding steroid dienone is 1. The predicted octanol–water partition coefficient (Wildman–Crippen LogP) is 4.94. The summed E-state index contributed by atoms with van der Waals surface area (Å²) in [6.45, 7) is 0. The Hall–Kier alpha value is -2.98. The lowest BCUT2D eigenvalue weighted by Crippen LogP contribution is -2.19. The number of ketones is 1. The number of hydrogen-bond acceptors (Lipinski definition) is 4. The average Bonchev–Trinajstić information content (AvgIpc) is 2.56. The van der Waals surface area contributed by atoms with Gasteiger partial charge in [0.1, 0.15) is 17.4 Å². The molecule has 0 aliphatic heterocycles. The maximum atomic E-state index is 12.4. The molecule has 0 amide bonds. The van der Waals surface area contributed by atoms with Gasteiger partial charge in [-0.3, -0.25) is 4.79 Å². The molecular formula is C17H10ClF3N2O2. The number of hydrogen-bond donors (Lipinski definition) is 1. The van der Waals surface area contributed by atoms with E-state index >= 15 is 0 Å². The van der Waals surface area contributed by atoms with Crippen molar-refractivity contribution in [3.8, 4) is 11.8 Å². The lowest BCUT2D eigenvalue weighted by molar-refractivity contribution is -0.274. The number of nitrogens with one attached hydrogen (secondary N) is 1. The summed E-state index contributed by atoms with van der Waals surface area (Å²) in [5, 5.41) is 12.4. The van der Waals surface area contributed by atoms with E-state index in [9.17, 15) is 18.0 Å². The Labute approximate surface area is 146 Å². The second kappa shape index (κ2) is 7.73. The molecule has 8 heteroatoms. The van der Waals surface area contributed by atoms with E-state index in [1.54, 1.807) is 30.3 Å². The van der Waals surface area contributed by atoms with Crippen LogP contribution < -0.4 is 10.1 Å². The highest BCUT2D eigenvalue weighted by atomic mass is 35.5. The van der Waals surface area contributed by atoms with Gasteiger partial charge in [0.15, 0.2) is 0 Å². The monoisotopic (exact) mass is 366 g/mol. The molecule has 2 aromatic rings. The van der Waals surface area contributed by atoms with Crippen LogP contribution in [0, 0.1) is 11.3 Å². The number of ether oxygens (including phenoxy) is 1. The van der Waals surface area contributed by atoms with Gasteiger partial charge in [0.05, 0.1) is 5.56 Å². The number of Topliss-reactive ketones (excluding diaryl/α,β-unsaturated/α-hetero) is 1. The smallest absolute Gasteiger partial charge is 0.405 e. The number of halogens is 4. The van der Waals surface area contributed by atoms with Crippen LogP contribution in [0.25, 0.3) is 0 Å². The first-order valence-electron chi connectivity index (χ1n) is 6.82. The van der Waals surface area contributed by atoms with E-state index in [0.717, 1.165) is 18.3 Å². The van der Waals surface area contributed by atoms with Gasteiger partial charge in [-0.2, -0.15) is 5.26 Å². The quantitative estimate of drug-likeness (QED) is 0.462. The van der Waals surface area contributed by atoms with Crippen molar-refractivity contribution in [2.24, 2.45) is 0 Å². The van der Waals surface area contributed by atoms with Crippen LogP contribution in [0.2, 0.25) is 5.02 Å². The van der Waals surface area contributed by atoms with E-state index in [-0.39, 0.29) is 11.1 Å². The van der Waals surface area contributed by atoms with Gasteiger partial charge in [0.2, 0.25) is 5.78 Å². The Morgan fingerprint density at radius 2 is 1.80 bits per heavy atom. The summed E-state index contributed by atoms with van der Waals surface area (Å²) in [5.74, 6) is -1.57. The molecule has 0 aliphatic rings. The summed E-state index contributed by atoms with van der Waals surface area (Å²) in [6, 6.07) is 12.9. The van der Waals surface area contributed by atoms with E-state index in [1.807, 2.05) is 0 Å². The molecule has 2 rings (SSSR count).